The van der Waals surface area contributed by atoms with Crippen LogP contribution < -0.4 is 10.1 Å². The van der Waals surface area contributed by atoms with Crippen LogP contribution >= 0.6 is 27.5 Å². The molecular formula is C12H13BrClNO5. The van der Waals surface area contributed by atoms with Gasteiger partial charge in [0.05, 0.1) is 11.0 Å². The van der Waals surface area contributed by atoms with E-state index in [0.717, 1.165) is 0 Å². The maximum absolute atomic E-state index is 11.5. The van der Waals surface area contributed by atoms with Crippen LogP contribution in [0.2, 0.25) is 5.02 Å². The largest absolute Gasteiger partial charge is 0.483 e. The molecule has 0 aliphatic rings. The molecule has 8 heteroatoms. The van der Waals surface area contributed by atoms with Gasteiger partial charge in [0.15, 0.2) is 12.7 Å². The monoisotopic (exact) mass is 365 g/mol. The highest BCUT2D eigenvalue weighted by Gasteiger charge is 2.17. The van der Waals surface area contributed by atoms with Crippen molar-refractivity contribution in [2.45, 2.75) is 6.10 Å². The van der Waals surface area contributed by atoms with E-state index in [1.54, 1.807) is 18.2 Å². The average Bonchev–Trinajstić information content (AvgIpc) is 2.38. The van der Waals surface area contributed by atoms with E-state index in [4.69, 9.17) is 21.4 Å². The molecule has 0 radical (unpaired) electrons. The van der Waals surface area contributed by atoms with Gasteiger partial charge < -0.3 is 19.9 Å². The number of hydrogen-bond acceptors (Lipinski definition) is 4. The number of carbonyl (C=O) groups excluding carboxylic acids is 1. The summed E-state index contributed by atoms with van der Waals surface area (Å²) in [7, 11) is 1.26. The molecule has 0 spiro atoms. The van der Waals surface area contributed by atoms with Gasteiger partial charge in [0.2, 0.25) is 0 Å². The second-order valence-corrected chi connectivity index (χ2v) is 5.02. The first-order valence-corrected chi connectivity index (χ1v) is 6.71. The van der Waals surface area contributed by atoms with Crippen LogP contribution in [0.1, 0.15) is 0 Å². The van der Waals surface area contributed by atoms with Gasteiger partial charge in [-0.1, -0.05) is 11.6 Å². The third-order valence-electron chi connectivity index (χ3n) is 2.30. The number of carbonyl (C=O) groups is 2. The minimum Gasteiger partial charge on any atom is -0.483 e. The topological polar surface area (TPSA) is 84.9 Å². The van der Waals surface area contributed by atoms with E-state index < -0.39 is 18.0 Å². The predicted molar refractivity (Wildman–Crippen MR) is 76.1 cm³/mol. The number of carboxylic acid groups (broad SMARTS) is 1. The van der Waals surface area contributed by atoms with Crippen molar-refractivity contribution in [3.8, 4) is 5.75 Å². The Bertz CT molecular complexity index is 497. The van der Waals surface area contributed by atoms with Gasteiger partial charge in [-0.15, -0.1) is 0 Å². The van der Waals surface area contributed by atoms with Crippen LogP contribution in [0.5, 0.6) is 5.75 Å². The van der Waals surface area contributed by atoms with Crippen molar-refractivity contribution in [2.24, 2.45) is 0 Å². The Hall–Kier alpha value is -1.31. The van der Waals surface area contributed by atoms with Crippen molar-refractivity contribution in [2.75, 3.05) is 20.3 Å². The minimum atomic E-state index is -1.14. The fourth-order valence-corrected chi connectivity index (χ4v) is 2.06. The Labute approximate surface area is 129 Å². The Morgan fingerprint density at radius 3 is 2.75 bits per heavy atom. The van der Waals surface area contributed by atoms with Crippen molar-refractivity contribution >= 4 is 39.4 Å². The lowest BCUT2D eigenvalue weighted by Gasteiger charge is -2.12. The Morgan fingerprint density at radius 2 is 2.20 bits per heavy atom. The van der Waals surface area contributed by atoms with Crippen LogP contribution in [0, 0.1) is 0 Å². The van der Waals surface area contributed by atoms with Gasteiger partial charge in [-0.05, 0) is 34.1 Å². The van der Waals surface area contributed by atoms with Crippen LogP contribution in [0.4, 0.5) is 0 Å². The van der Waals surface area contributed by atoms with E-state index in [1.807, 2.05) is 0 Å². The zero-order valence-corrected chi connectivity index (χ0v) is 12.9. The van der Waals surface area contributed by atoms with E-state index >= 15 is 0 Å². The smallest absolute Gasteiger partial charge is 0.334 e. The molecule has 2 N–H and O–H groups in total. The molecule has 1 rings (SSSR count). The van der Waals surface area contributed by atoms with Crippen LogP contribution in [0.25, 0.3) is 0 Å². The molecule has 20 heavy (non-hydrogen) atoms. The molecule has 110 valence electrons. The summed E-state index contributed by atoms with van der Waals surface area (Å²) in [4.78, 5) is 22.2. The normalized spacial score (nSPS) is 11.8. The number of amides is 1. The number of methoxy groups -OCH3 is 1. The summed E-state index contributed by atoms with van der Waals surface area (Å²) < 4.78 is 10.6. The molecule has 0 bridgehead atoms. The molecule has 0 aromatic heterocycles. The summed E-state index contributed by atoms with van der Waals surface area (Å²) in [6, 6.07) is 4.89. The van der Waals surface area contributed by atoms with Crippen molar-refractivity contribution in [3.05, 3.63) is 27.7 Å². The second-order valence-electron chi connectivity index (χ2n) is 3.73. The zero-order valence-electron chi connectivity index (χ0n) is 10.6. The molecule has 1 amide bonds. The molecule has 1 atom stereocenters. The molecule has 0 saturated carbocycles. The molecule has 0 aliphatic carbocycles. The lowest BCUT2D eigenvalue weighted by atomic mass is 10.3. The van der Waals surface area contributed by atoms with Crippen molar-refractivity contribution in [1.29, 1.82) is 0 Å². The van der Waals surface area contributed by atoms with Gasteiger partial charge in [0.25, 0.3) is 5.91 Å². The highest BCUT2D eigenvalue weighted by atomic mass is 79.9. The predicted octanol–water partition coefficient (Wildman–Crippen LogP) is 1.70. The van der Waals surface area contributed by atoms with Crippen LogP contribution in [0.15, 0.2) is 22.7 Å². The van der Waals surface area contributed by atoms with Crippen molar-refractivity contribution in [3.63, 3.8) is 0 Å². The third-order valence-corrected chi connectivity index (χ3v) is 3.15. The van der Waals surface area contributed by atoms with E-state index in [9.17, 15) is 9.59 Å². The number of benzene rings is 1. The van der Waals surface area contributed by atoms with Crippen LogP contribution in [0.3, 0.4) is 0 Å². The van der Waals surface area contributed by atoms with E-state index in [2.05, 4.69) is 26.0 Å². The summed E-state index contributed by atoms with van der Waals surface area (Å²) >= 11 is 9.03. The molecule has 0 saturated heterocycles. The van der Waals surface area contributed by atoms with Crippen molar-refractivity contribution < 1.29 is 24.2 Å². The summed E-state index contributed by atoms with van der Waals surface area (Å²) in [5.41, 5.74) is 0. The standard InChI is InChI=1S/C12H13BrClNO5/c1-19-10(12(17)18)5-15-11(16)6-20-9-3-2-7(14)4-8(9)13/h2-4,10H,5-6H2,1H3,(H,15,16)(H,17,18). The van der Waals surface area contributed by atoms with Crippen molar-refractivity contribution in [1.82, 2.24) is 5.32 Å². The van der Waals surface area contributed by atoms with Crippen LogP contribution in [-0.4, -0.2) is 43.3 Å². The molecule has 0 aliphatic heterocycles. The van der Waals surface area contributed by atoms with Gasteiger partial charge in [-0.2, -0.15) is 0 Å². The molecule has 0 fully saturated rings. The Balaban J connectivity index is 2.41. The number of halogens is 2. The first-order chi connectivity index (χ1) is 9.43. The van der Waals surface area contributed by atoms with E-state index in [-0.39, 0.29) is 13.2 Å². The first-order valence-electron chi connectivity index (χ1n) is 5.54. The molecule has 1 aromatic carbocycles. The van der Waals surface area contributed by atoms with Gasteiger partial charge in [0.1, 0.15) is 5.75 Å². The molecule has 1 aromatic rings. The summed E-state index contributed by atoms with van der Waals surface area (Å²) in [5, 5.41) is 11.7. The number of ether oxygens (including phenoxy) is 2. The Morgan fingerprint density at radius 1 is 1.50 bits per heavy atom. The highest BCUT2D eigenvalue weighted by Crippen LogP contribution is 2.27. The van der Waals surface area contributed by atoms with E-state index in [1.165, 1.54) is 7.11 Å². The Kier molecular flexibility index (Phi) is 6.77. The molecule has 1 unspecified atom stereocenters. The molecule has 6 nitrogen and oxygen atoms in total. The quantitative estimate of drug-likeness (QED) is 0.767. The fourth-order valence-electron chi connectivity index (χ4n) is 1.26. The van der Waals surface area contributed by atoms with E-state index in [0.29, 0.717) is 15.2 Å². The fraction of sp³-hybridized carbons (Fsp3) is 0.333. The average molecular weight is 367 g/mol. The maximum Gasteiger partial charge on any atom is 0.334 e. The lowest BCUT2D eigenvalue weighted by molar-refractivity contribution is -0.148. The van der Waals surface area contributed by atoms with Gasteiger partial charge in [0, 0.05) is 12.1 Å². The first kappa shape index (κ1) is 16.7. The molecular weight excluding hydrogens is 353 g/mol. The number of nitrogens with one attached hydrogen (secondary N) is 1. The maximum atomic E-state index is 11.5. The van der Waals surface area contributed by atoms with Gasteiger partial charge in [-0.25, -0.2) is 4.79 Å². The molecule has 0 heterocycles. The zero-order chi connectivity index (χ0) is 15.1. The number of aliphatic carboxylic acids is 1. The highest BCUT2D eigenvalue weighted by molar-refractivity contribution is 9.10. The number of hydrogen-bond donors (Lipinski definition) is 2. The number of rotatable bonds is 7. The number of carboxylic acids is 1. The summed E-state index contributed by atoms with van der Waals surface area (Å²) in [6.45, 7) is -0.369. The van der Waals surface area contributed by atoms with Crippen LogP contribution in [-0.2, 0) is 14.3 Å². The summed E-state index contributed by atoms with van der Waals surface area (Å²) in [5.74, 6) is -1.13. The lowest BCUT2D eigenvalue weighted by Crippen LogP contribution is -2.39. The van der Waals surface area contributed by atoms with Gasteiger partial charge in [-0.3, -0.25) is 4.79 Å². The second kappa shape index (κ2) is 8.08. The summed E-state index contributed by atoms with van der Waals surface area (Å²) in [6.07, 6.45) is -1.08. The SMILES string of the molecule is COC(CNC(=O)COc1ccc(Cl)cc1Br)C(=O)O. The minimum absolute atomic E-state index is 0.129. The van der Waals surface area contributed by atoms with Gasteiger partial charge >= 0.3 is 5.97 Å². The third kappa shape index (κ3) is 5.36.